The van der Waals surface area contributed by atoms with Crippen molar-refractivity contribution in [3.63, 3.8) is 0 Å². The van der Waals surface area contributed by atoms with Crippen molar-refractivity contribution < 1.29 is 17.5 Å². The first-order valence-electron chi connectivity index (χ1n) is 7.53. The van der Waals surface area contributed by atoms with E-state index in [1.54, 1.807) is 18.2 Å². The summed E-state index contributed by atoms with van der Waals surface area (Å²) in [5.41, 5.74) is 0.911. The summed E-state index contributed by atoms with van der Waals surface area (Å²) in [5.74, 6) is 1.04. The van der Waals surface area contributed by atoms with Crippen LogP contribution in [-0.2, 0) is 16.4 Å². The molecular formula is C15H20FNO3S2. The molecule has 1 fully saturated rings. The van der Waals surface area contributed by atoms with Gasteiger partial charge in [0.05, 0.1) is 11.5 Å². The van der Waals surface area contributed by atoms with E-state index in [1.807, 2.05) is 0 Å². The van der Waals surface area contributed by atoms with Crippen LogP contribution in [0.2, 0.25) is 0 Å². The molecule has 7 heteroatoms. The number of fused-ring (bicyclic) bond motifs is 1. The highest BCUT2D eigenvalue weighted by Crippen LogP contribution is 2.31. The molecule has 0 amide bonds. The van der Waals surface area contributed by atoms with Gasteiger partial charge in [-0.1, -0.05) is 0 Å². The van der Waals surface area contributed by atoms with Gasteiger partial charge in [0.25, 0.3) is 0 Å². The van der Waals surface area contributed by atoms with Gasteiger partial charge in [-0.2, -0.15) is 16.9 Å². The predicted octanol–water partition coefficient (Wildman–Crippen LogP) is 2.29. The van der Waals surface area contributed by atoms with E-state index in [1.165, 1.54) is 4.31 Å². The summed E-state index contributed by atoms with van der Waals surface area (Å²) in [6, 6.07) is 4.92. The van der Waals surface area contributed by atoms with Gasteiger partial charge in [0.15, 0.2) is 0 Å². The molecule has 0 spiro atoms. The summed E-state index contributed by atoms with van der Waals surface area (Å²) < 4.78 is 46.2. The molecule has 0 radical (unpaired) electrons. The largest absolute Gasteiger partial charge is 0.493 e. The van der Waals surface area contributed by atoms with Crippen molar-refractivity contribution in [3.05, 3.63) is 23.8 Å². The van der Waals surface area contributed by atoms with Gasteiger partial charge in [-0.15, -0.1) is 0 Å². The van der Waals surface area contributed by atoms with E-state index >= 15 is 0 Å². The van der Waals surface area contributed by atoms with Gasteiger partial charge < -0.3 is 4.74 Å². The summed E-state index contributed by atoms with van der Waals surface area (Å²) >= 11 is 4.13. The highest BCUT2D eigenvalue weighted by Gasteiger charge is 2.35. The van der Waals surface area contributed by atoms with Gasteiger partial charge in [0, 0.05) is 19.0 Å². The van der Waals surface area contributed by atoms with Crippen LogP contribution in [0, 0.1) is 5.92 Å². The molecule has 1 aromatic rings. The van der Waals surface area contributed by atoms with E-state index in [0.29, 0.717) is 25.3 Å². The zero-order chi connectivity index (χ0) is 15.7. The number of hydrogen-bond acceptors (Lipinski definition) is 4. The van der Waals surface area contributed by atoms with Gasteiger partial charge in [0.2, 0.25) is 10.0 Å². The maximum absolute atomic E-state index is 14.0. The van der Waals surface area contributed by atoms with Gasteiger partial charge in [0.1, 0.15) is 11.9 Å². The highest BCUT2D eigenvalue weighted by molar-refractivity contribution is 7.89. The SMILES string of the molecule is O=S(=O)(c1ccc2c(c1)CCCO2)N1CC[C@H](CS)[C@@H](F)C1. The highest BCUT2D eigenvalue weighted by atomic mass is 32.2. The Kier molecular flexibility index (Phi) is 4.66. The van der Waals surface area contributed by atoms with Crippen LogP contribution in [0.1, 0.15) is 18.4 Å². The number of thiol groups is 1. The smallest absolute Gasteiger partial charge is 0.243 e. The molecule has 1 saturated heterocycles. The molecule has 2 atom stereocenters. The van der Waals surface area contributed by atoms with E-state index in [4.69, 9.17) is 4.74 Å². The monoisotopic (exact) mass is 345 g/mol. The van der Waals surface area contributed by atoms with Gasteiger partial charge in [-0.3, -0.25) is 0 Å². The topological polar surface area (TPSA) is 46.6 Å². The lowest BCUT2D eigenvalue weighted by molar-refractivity contribution is 0.147. The second kappa shape index (κ2) is 6.37. The number of alkyl halides is 1. The maximum atomic E-state index is 14.0. The molecule has 4 nitrogen and oxygen atoms in total. The first-order chi connectivity index (χ1) is 10.5. The summed E-state index contributed by atoms with van der Waals surface area (Å²) in [5, 5.41) is 0. The average Bonchev–Trinajstić information content (AvgIpc) is 2.54. The Morgan fingerprint density at radius 1 is 1.41 bits per heavy atom. The summed E-state index contributed by atoms with van der Waals surface area (Å²) in [7, 11) is -3.65. The summed E-state index contributed by atoms with van der Waals surface area (Å²) in [6.45, 7) is 0.933. The molecule has 2 aliphatic heterocycles. The van der Waals surface area contributed by atoms with Crippen LogP contribution >= 0.6 is 12.6 Å². The third-order valence-corrected chi connectivity index (χ3v) is 6.72. The van der Waals surface area contributed by atoms with Crippen LogP contribution in [0.15, 0.2) is 23.1 Å². The van der Waals surface area contributed by atoms with Gasteiger partial charge in [-0.25, -0.2) is 12.8 Å². The lowest BCUT2D eigenvalue weighted by Crippen LogP contribution is -2.45. The molecule has 0 bridgehead atoms. The minimum absolute atomic E-state index is 0.0822. The lowest BCUT2D eigenvalue weighted by Gasteiger charge is -2.33. The number of piperidine rings is 1. The van der Waals surface area contributed by atoms with Crippen LogP contribution in [-0.4, -0.2) is 44.3 Å². The van der Waals surface area contributed by atoms with Crippen LogP contribution < -0.4 is 4.74 Å². The Hall–Kier alpha value is -0.790. The van der Waals surface area contributed by atoms with Crippen molar-refractivity contribution in [3.8, 4) is 5.75 Å². The normalized spacial score (nSPS) is 26.3. The maximum Gasteiger partial charge on any atom is 0.243 e. The Labute approximate surface area is 136 Å². The zero-order valence-electron chi connectivity index (χ0n) is 12.2. The third-order valence-electron chi connectivity index (χ3n) is 4.39. The Morgan fingerprint density at radius 3 is 2.95 bits per heavy atom. The number of ether oxygens (including phenoxy) is 1. The molecular weight excluding hydrogens is 325 g/mol. The fourth-order valence-electron chi connectivity index (χ4n) is 3.00. The minimum Gasteiger partial charge on any atom is -0.493 e. The molecule has 0 aliphatic carbocycles. The van der Waals surface area contributed by atoms with Crippen molar-refractivity contribution in [2.75, 3.05) is 25.4 Å². The molecule has 0 unspecified atom stereocenters. The van der Waals surface area contributed by atoms with E-state index in [9.17, 15) is 12.8 Å². The van der Waals surface area contributed by atoms with Crippen LogP contribution in [0.25, 0.3) is 0 Å². The number of rotatable bonds is 3. The second-order valence-corrected chi connectivity index (χ2v) is 8.14. The quantitative estimate of drug-likeness (QED) is 0.855. The standard InChI is InChI=1S/C15H20FNO3S2/c16-14-9-17(6-5-12(14)10-21)22(18,19)13-3-4-15-11(8-13)2-1-7-20-15/h3-4,8,12,14,21H,1-2,5-7,9-10H2/t12-,14+/m1/s1. The molecule has 3 rings (SSSR count). The number of benzene rings is 1. The predicted molar refractivity (Wildman–Crippen MR) is 85.9 cm³/mol. The van der Waals surface area contributed by atoms with Gasteiger partial charge in [-0.05, 0) is 48.8 Å². The fourth-order valence-corrected chi connectivity index (χ4v) is 4.92. The molecule has 0 saturated carbocycles. The van der Waals surface area contributed by atoms with E-state index in [-0.39, 0.29) is 17.4 Å². The Bertz CT molecular complexity index is 650. The second-order valence-electron chi connectivity index (χ2n) is 5.83. The average molecular weight is 345 g/mol. The van der Waals surface area contributed by atoms with Crippen molar-refractivity contribution in [2.45, 2.75) is 30.3 Å². The molecule has 0 N–H and O–H groups in total. The molecule has 0 aromatic heterocycles. The summed E-state index contributed by atoms with van der Waals surface area (Å²) in [4.78, 5) is 0.230. The number of sulfonamides is 1. The van der Waals surface area contributed by atoms with Crippen molar-refractivity contribution in [1.82, 2.24) is 4.31 Å². The van der Waals surface area contributed by atoms with Gasteiger partial charge >= 0.3 is 0 Å². The van der Waals surface area contributed by atoms with Crippen molar-refractivity contribution in [1.29, 1.82) is 0 Å². The van der Waals surface area contributed by atoms with E-state index in [2.05, 4.69) is 12.6 Å². The van der Waals surface area contributed by atoms with E-state index in [0.717, 1.165) is 24.2 Å². The lowest BCUT2D eigenvalue weighted by atomic mass is 9.98. The van der Waals surface area contributed by atoms with Crippen LogP contribution in [0.5, 0.6) is 5.75 Å². The Balaban J connectivity index is 1.84. The molecule has 122 valence electrons. The third kappa shape index (κ3) is 2.98. The first kappa shape index (κ1) is 16.1. The minimum atomic E-state index is -3.65. The molecule has 2 heterocycles. The van der Waals surface area contributed by atoms with Crippen molar-refractivity contribution >= 4 is 22.7 Å². The number of halogens is 1. The Morgan fingerprint density at radius 2 is 2.23 bits per heavy atom. The van der Waals surface area contributed by atoms with Crippen molar-refractivity contribution in [2.24, 2.45) is 5.92 Å². The van der Waals surface area contributed by atoms with E-state index < -0.39 is 16.2 Å². The molecule has 22 heavy (non-hydrogen) atoms. The fraction of sp³-hybridized carbons (Fsp3) is 0.600. The first-order valence-corrected chi connectivity index (χ1v) is 9.60. The van der Waals surface area contributed by atoms with Crippen LogP contribution in [0.4, 0.5) is 4.39 Å². The zero-order valence-corrected chi connectivity index (χ0v) is 14.0. The number of hydrogen-bond donors (Lipinski definition) is 1. The molecule has 1 aromatic carbocycles. The van der Waals surface area contributed by atoms with Crippen LogP contribution in [0.3, 0.4) is 0 Å². The number of nitrogens with zero attached hydrogens (tertiary/aromatic N) is 1. The summed E-state index contributed by atoms with van der Waals surface area (Å²) in [6.07, 6.45) is 1.06. The molecule has 2 aliphatic rings. The number of aryl methyl sites for hydroxylation is 1.